The fourth-order valence-electron chi connectivity index (χ4n) is 1.94. The lowest BCUT2D eigenvalue weighted by Gasteiger charge is -2.09. The molecule has 0 bridgehead atoms. The molecule has 9 heteroatoms. The van der Waals surface area contributed by atoms with Crippen molar-refractivity contribution < 1.29 is 0 Å². The third-order valence-corrected chi connectivity index (χ3v) is 4.05. The zero-order valence-electron chi connectivity index (χ0n) is 11.8. The first kappa shape index (κ1) is 14.1. The van der Waals surface area contributed by atoms with Gasteiger partial charge in [-0.1, -0.05) is 13.8 Å². The van der Waals surface area contributed by atoms with E-state index in [0.717, 1.165) is 12.8 Å². The topological polar surface area (TPSA) is 115 Å². The largest absolute Gasteiger partial charge is 0.344 e. The van der Waals surface area contributed by atoms with Gasteiger partial charge >= 0.3 is 5.69 Å². The molecule has 0 atom stereocenters. The lowest BCUT2D eigenvalue weighted by atomic mass is 10.2. The summed E-state index contributed by atoms with van der Waals surface area (Å²) in [4.78, 5) is 20.6. The molecule has 0 spiro atoms. The molecule has 0 aromatic carbocycles. The lowest BCUT2D eigenvalue weighted by Crippen LogP contribution is -2.16. The van der Waals surface area contributed by atoms with Crippen molar-refractivity contribution in [2.75, 3.05) is 5.43 Å². The van der Waals surface area contributed by atoms with Gasteiger partial charge in [0.25, 0.3) is 0 Å². The van der Waals surface area contributed by atoms with Gasteiger partial charge in [0.05, 0.1) is 0 Å². The zero-order chi connectivity index (χ0) is 15.0. The van der Waals surface area contributed by atoms with E-state index in [1.165, 1.54) is 11.8 Å². The van der Waals surface area contributed by atoms with Gasteiger partial charge in [0.2, 0.25) is 0 Å². The van der Waals surface area contributed by atoms with E-state index in [-0.39, 0.29) is 17.6 Å². The highest BCUT2D eigenvalue weighted by Gasteiger charge is 2.29. The Morgan fingerprint density at radius 2 is 2.24 bits per heavy atom. The van der Waals surface area contributed by atoms with Gasteiger partial charge in [-0.3, -0.25) is 4.57 Å². The van der Waals surface area contributed by atoms with Crippen LogP contribution in [0, 0.1) is 0 Å². The molecule has 2 heterocycles. The second-order valence-electron chi connectivity index (χ2n) is 5.26. The zero-order valence-corrected chi connectivity index (χ0v) is 12.6. The second kappa shape index (κ2) is 5.49. The van der Waals surface area contributed by atoms with Crippen LogP contribution >= 0.6 is 11.8 Å². The Balaban J connectivity index is 1.94. The number of H-pyrrole nitrogens is 1. The molecule has 0 saturated heterocycles. The first-order valence-corrected chi connectivity index (χ1v) is 7.60. The molecule has 0 unspecified atom stereocenters. The van der Waals surface area contributed by atoms with Crippen LogP contribution < -0.4 is 17.0 Å². The van der Waals surface area contributed by atoms with Crippen LogP contribution in [0.3, 0.4) is 0 Å². The predicted molar refractivity (Wildman–Crippen MR) is 79.2 cm³/mol. The number of aromatic amines is 1. The molecule has 2 aromatic rings. The smallest absolute Gasteiger partial charge is 0.308 e. The normalized spacial score (nSPS) is 14.7. The maximum absolute atomic E-state index is 11.8. The van der Waals surface area contributed by atoms with E-state index in [9.17, 15) is 4.79 Å². The molecule has 4 N–H and O–H groups in total. The Bertz CT molecular complexity index is 704. The number of nitrogen functional groups attached to an aromatic ring is 1. The summed E-state index contributed by atoms with van der Waals surface area (Å²) in [6.07, 6.45) is 2.03. The van der Waals surface area contributed by atoms with Crippen molar-refractivity contribution in [3.05, 3.63) is 22.4 Å². The quantitative estimate of drug-likeness (QED) is 0.432. The highest BCUT2D eigenvalue weighted by Crippen LogP contribution is 2.37. The maximum Gasteiger partial charge on any atom is 0.344 e. The summed E-state index contributed by atoms with van der Waals surface area (Å²) < 4.78 is 1.69. The Morgan fingerprint density at radius 1 is 1.48 bits per heavy atom. The summed E-state index contributed by atoms with van der Waals surface area (Å²) in [5, 5.41) is 7.91. The molecular weight excluding hydrogens is 290 g/mol. The van der Waals surface area contributed by atoms with Gasteiger partial charge in [-0.05, 0) is 24.6 Å². The number of aromatic nitrogens is 5. The van der Waals surface area contributed by atoms with E-state index in [2.05, 4.69) is 25.6 Å². The van der Waals surface area contributed by atoms with E-state index in [1.54, 1.807) is 10.6 Å². The van der Waals surface area contributed by atoms with Gasteiger partial charge < -0.3 is 5.43 Å². The standard InChI is InChI=1S/C12H17N7OS/c1-6(2)10-14-8(16-13)5-9(15-10)21-12-18-17-11(20)19(12)7-3-4-7/h5-7H,3-4,13H2,1-2H3,(H,17,20)(H,14,15,16). The molecule has 21 heavy (non-hydrogen) atoms. The van der Waals surface area contributed by atoms with Crippen LogP contribution in [0.1, 0.15) is 44.5 Å². The van der Waals surface area contributed by atoms with E-state index in [1.807, 2.05) is 13.8 Å². The van der Waals surface area contributed by atoms with E-state index in [0.29, 0.717) is 21.8 Å². The minimum Gasteiger partial charge on any atom is -0.308 e. The summed E-state index contributed by atoms with van der Waals surface area (Å²) in [5.41, 5.74) is 2.37. The minimum atomic E-state index is -0.171. The predicted octanol–water partition coefficient (Wildman–Crippen LogP) is 1.26. The Kier molecular flexibility index (Phi) is 3.68. The Hall–Kier alpha value is -1.87. The third kappa shape index (κ3) is 2.93. The number of hydrogen-bond acceptors (Lipinski definition) is 7. The maximum atomic E-state index is 11.8. The molecule has 1 saturated carbocycles. The monoisotopic (exact) mass is 307 g/mol. The molecule has 1 fully saturated rings. The summed E-state index contributed by atoms with van der Waals surface area (Å²) in [6, 6.07) is 2.00. The molecule has 1 aliphatic rings. The highest BCUT2D eigenvalue weighted by atomic mass is 32.2. The second-order valence-corrected chi connectivity index (χ2v) is 6.25. The lowest BCUT2D eigenvalue weighted by molar-refractivity contribution is 0.641. The molecule has 0 aliphatic heterocycles. The van der Waals surface area contributed by atoms with Gasteiger partial charge in [0.15, 0.2) is 5.16 Å². The van der Waals surface area contributed by atoms with Gasteiger partial charge in [0.1, 0.15) is 16.7 Å². The van der Waals surface area contributed by atoms with Gasteiger partial charge in [-0.2, -0.15) is 0 Å². The van der Waals surface area contributed by atoms with Crippen molar-refractivity contribution in [1.82, 2.24) is 24.7 Å². The molecule has 0 amide bonds. The Labute approximate surface area is 125 Å². The molecule has 8 nitrogen and oxygen atoms in total. The number of hydrogen-bond donors (Lipinski definition) is 3. The number of nitrogens with one attached hydrogen (secondary N) is 2. The Morgan fingerprint density at radius 3 is 2.86 bits per heavy atom. The molecule has 1 aliphatic carbocycles. The fourth-order valence-corrected chi connectivity index (χ4v) is 2.86. The number of hydrazine groups is 1. The molecular formula is C12H17N7OS. The molecule has 112 valence electrons. The average Bonchev–Trinajstić information content (AvgIpc) is 3.23. The summed E-state index contributed by atoms with van der Waals surface area (Å²) in [7, 11) is 0. The van der Waals surface area contributed by atoms with Crippen LogP contribution in [0.4, 0.5) is 5.82 Å². The van der Waals surface area contributed by atoms with Crippen molar-refractivity contribution >= 4 is 17.6 Å². The van der Waals surface area contributed by atoms with Crippen LogP contribution in [-0.4, -0.2) is 24.7 Å². The van der Waals surface area contributed by atoms with E-state index >= 15 is 0 Å². The first-order valence-electron chi connectivity index (χ1n) is 6.79. The SMILES string of the molecule is CC(C)c1nc(NN)cc(Sc2n[nH]c(=O)n2C2CC2)n1. The minimum absolute atomic E-state index is 0.171. The first-order chi connectivity index (χ1) is 10.1. The van der Waals surface area contributed by atoms with Crippen molar-refractivity contribution in [3.63, 3.8) is 0 Å². The molecule has 3 rings (SSSR count). The van der Waals surface area contributed by atoms with Crippen molar-refractivity contribution in [3.8, 4) is 0 Å². The van der Waals surface area contributed by atoms with Crippen molar-refractivity contribution in [1.29, 1.82) is 0 Å². The van der Waals surface area contributed by atoms with E-state index < -0.39 is 0 Å². The van der Waals surface area contributed by atoms with Crippen molar-refractivity contribution in [2.45, 2.75) is 48.8 Å². The molecule has 0 radical (unpaired) electrons. The van der Waals surface area contributed by atoms with Crippen LogP contribution in [0.15, 0.2) is 21.0 Å². The van der Waals surface area contributed by atoms with Crippen LogP contribution in [-0.2, 0) is 0 Å². The summed E-state index contributed by atoms with van der Waals surface area (Å²) >= 11 is 1.34. The van der Waals surface area contributed by atoms with Gasteiger partial charge in [-0.15, -0.1) is 5.10 Å². The summed E-state index contributed by atoms with van der Waals surface area (Å²) in [6.45, 7) is 4.03. The van der Waals surface area contributed by atoms with Crippen molar-refractivity contribution in [2.24, 2.45) is 5.84 Å². The fraction of sp³-hybridized carbons (Fsp3) is 0.500. The number of rotatable bonds is 5. The van der Waals surface area contributed by atoms with E-state index in [4.69, 9.17) is 5.84 Å². The summed E-state index contributed by atoms with van der Waals surface area (Å²) in [5.74, 6) is 6.88. The third-order valence-electron chi connectivity index (χ3n) is 3.16. The van der Waals surface area contributed by atoms with Gasteiger partial charge in [-0.25, -0.2) is 25.7 Å². The van der Waals surface area contributed by atoms with Crippen LogP contribution in [0.5, 0.6) is 0 Å². The van der Waals surface area contributed by atoms with Crippen LogP contribution in [0.25, 0.3) is 0 Å². The molecule has 2 aromatic heterocycles. The van der Waals surface area contributed by atoms with Crippen LogP contribution in [0.2, 0.25) is 0 Å². The highest BCUT2D eigenvalue weighted by molar-refractivity contribution is 7.99. The average molecular weight is 307 g/mol. The number of anilines is 1. The number of nitrogens with zero attached hydrogens (tertiary/aromatic N) is 4. The number of nitrogens with two attached hydrogens (primary N) is 1. The van der Waals surface area contributed by atoms with Gasteiger partial charge in [0, 0.05) is 18.0 Å².